The molecule has 136 valence electrons. The van der Waals surface area contributed by atoms with Gasteiger partial charge >= 0.3 is 0 Å². The molecule has 0 saturated heterocycles. The van der Waals surface area contributed by atoms with Gasteiger partial charge in [-0.25, -0.2) is 9.67 Å². The van der Waals surface area contributed by atoms with E-state index in [4.69, 9.17) is 0 Å². The predicted octanol–water partition coefficient (Wildman–Crippen LogP) is 3.48. The molecule has 0 bridgehead atoms. The van der Waals surface area contributed by atoms with Crippen LogP contribution in [-0.4, -0.2) is 25.7 Å². The van der Waals surface area contributed by atoms with Crippen molar-refractivity contribution in [3.8, 4) is 5.82 Å². The van der Waals surface area contributed by atoms with Crippen molar-refractivity contribution in [3.05, 3.63) is 77.9 Å². The van der Waals surface area contributed by atoms with Crippen molar-refractivity contribution in [1.29, 1.82) is 0 Å². The van der Waals surface area contributed by atoms with Gasteiger partial charge in [-0.05, 0) is 37.6 Å². The van der Waals surface area contributed by atoms with Crippen molar-refractivity contribution in [2.75, 3.05) is 0 Å². The lowest BCUT2D eigenvalue weighted by Gasteiger charge is -2.14. The zero-order valence-electron chi connectivity index (χ0n) is 15.3. The zero-order valence-corrected chi connectivity index (χ0v) is 15.3. The van der Waals surface area contributed by atoms with Crippen LogP contribution in [0.15, 0.2) is 61.1 Å². The van der Waals surface area contributed by atoms with Crippen molar-refractivity contribution in [2.24, 2.45) is 0 Å². The third-order valence-corrected chi connectivity index (χ3v) is 4.78. The van der Waals surface area contributed by atoms with Gasteiger partial charge in [-0.15, -0.1) is 0 Å². The molecule has 0 aliphatic heterocycles. The lowest BCUT2D eigenvalue weighted by Crippen LogP contribution is -2.28. The minimum absolute atomic E-state index is 0.0164. The maximum absolute atomic E-state index is 12.6. The Morgan fingerprint density at radius 1 is 1.22 bits per heavy atom. The number of amides is 1. The largest absolute Gasteiger partial charge is 0.361 e. The number of para-hydroxylation sites is 1. The van der Waals surface area contributed by atoms with E-state index in [0.29, 0.717) is 6.42 Å². The van der Waals surface area contributed by atoms with Crippen LogP contribution in [0, 0.1) is 6.92 Å². The van der Waals surface area contributed by atoms with Crippen LogP contribution in [0.4, 0.5) is 0 Å². The summed E-state index contributed by atoms with van der Waals surface area (Å²) in [6.45, 7) is 3.96. The Balaban J connectivity index is 1.48. The molecule has 4 aromatic rings. The molecule has 6 nitrogen and oxygen atoms in total. The maximum atomic E-state index is 12.6. The number of pyridine rings is 1. The monoisotopic (exact) mass is 359 g/mol. The maximum Gasteiger partial charge on any atom is 0.224 e. The van der Waals surface area contributed by atoms with Gasteiger partial charge in [0.25, 0.3) is 0 Å². The van der Waals surface area contributed by atoms with Crippen molar-refractivity contribution in [2.45, 2.75) is 26.3 Å². The molecular weight excluding hydrogens is 338 g/mol. The third kappa shape index (κ3) is 3.33. The van der Waals surface area contributed by atoms with E-state index in [2.05, 4.69) is 20.4 Å². The van der Waals surface area contributed by atoms with E-state index >= 15 is 0 Å². The number of H-pyrrole nitrogens is 1. The molecule has 0 aliphatic carbocycles. The van der Waals surface area contributed by atoms with E-state index in [1.165, 1.54) is 0 Å². The average Bonchev–Trinajstić information content (AvgIpc) is 3.26. The lowest BCUT2D eigenvalue weighted by atomic mass is 10.1. The second-order valence-corrected chi connectivity index (χ2v) is 6.61. The first-order chi connectivity index (χ1) is 13.1. The molecule has 0 radical (unpaired) electrons. The fourth-order valence-corrected chi connectivity index (χ4v) is 3.38. The number of carbonyl (C=O) groups is 1. The second-order valence-electron chi connectivity index (χ2n) is 6.61. The summed E-state index contributed by atoms with van der Waals surface area (Å²) in [7, 11) is 0. The Morgan fingerprint density at radius 3 is 2.85 bits per heavy atom. The number of benzene rings is 1. The topological polar surface area (TPSA) is 75.6 Å². The number of aromatic amines is 1. The Kier molecular flexibility index (Phi) is 4.46. The summed E-state index contributed by atoms with van der Waals surface area (Å²) in [6.07, 6.45) is 5.77. The molecule has 0 aliphatic rings. The summed E-state index contributed by atoms with van der Waals surface area (Å²) in [5, 5.41) is 8.59. The minimum Gasteiger partial charge on any atom is -0.361 e. The van der Waals surface area contributed by atoms with Gasteiger partial charge in [0.15, 0.2) is 5.82 Å². The zero-order chi connectivity index (χ0) is 18.8. The molecule has 1 aromatic carbocycles. The van der Waals surface area contributed by atoms with E-state index in [-0.39, 0.29) is 11.9 Å². The molecule has 0 fully saturated rings. The van der Waals surface area contributed by atoms with E-state index in [9.17, 15) is 4.79 Å². The van der Waals surface area contributed by atoms with Crippen molar-refractivity contribution in [3.63, 3.8) is 0 Å². The lowest BCUT2D eigenvalue weighted by molar-refractivity contribution is -0.121. The molecule has 6 heteroatoms. The van der Waals surface area contributed by atoms with Crippen LogP contribution in [0.3, 0.4) is 0 Å². The molecule has 1 amide bonds. The number of aromatic nitrogens is 4. The summed E-state index contributed by atoms with van der Waals surface area (Å²) in [5.41, 5.74) is 3.98. The van der Waals surface area contributed by atoms with Crippen molar-refractivity contribution >= 4 is 16.8 Å². The van der Waals surface area contributed by atoms with Gasteiger partial charge in [0.1, 0.15) is 0 Å². The number of rotatable bonds is 5. The van der Waals surface area contributed by atoms with Gasteiger partial charge in [0.05, 0.1) is 18.7 Å². The van der Waals surface area contributed by atoms with Crippen molar-refractivity contribution < 1.29 is 4.79 Å². The molecule has 1 unspecified atom stereocenters. The predicted molar refractivity (Wildman–Crippen MR) is 105 cm³/mol. The molecule has 3 aromatic heterocycles. The first kappa shape index (κ1) is 17.0. The SMILES string of the molecule is Cc1c(C(C)NC(=O)Cc2c[nH]c3ccccc23)cnn1-c1ccccn1. The van der Waals surface area contributed by atoms with Crippen LogP contribution in [0.5, 0.6) is 0 Å². The molecule has 0 spiro atoms. The molecule has 1 atom stereocenters. The van der Waals surface area contributed by atoms with Crippen LogP contribution in [-0.2, 0) is 11.2 Å². The second kappa shape index (κ2) is 7.07. The van der Waals surface area contributed by atoms with Gasteiger partial charge in [-0.2, -0.15) is 5.10 Å². The Morgan fingerprint density at radius 2 is 2.04 bits per heavy atom. The number of carbonyl (C=O) groups excluding carboxylic acids is 1. The fourth-order valence-electron chi connectivity index (χ4n) is 3.38. The van der Waals surface area contributed by atoms with E-state index in [1.54, 1.807) is 17.1 Å². The molecule has 0 saturated carbocycles. The summed E-state index contributed by atoms with van der Waals surface area (Å²) >= 11 is 0. The van der Waals surface area contributed by atoms with E-state index in [1.807, 2.05) is 62.5 Å². The van der Waals surface area contributed by atoms with Crippen LogP contribution < -0.4 is 5.32 Å². The fraction of sp³-hybridized carbons (Fsp3) is 0.190. The Hall–Kier alpha value is -3.41. The molecule has 2 N–H and O–H groups in total. The highest BCUT2D eigenvalue weighted by atomic mass is 16.1. The molecule has 4 rings (SSSR count). The van der Waals surface area contributed by atoms with Gasteiger partial charge in [-0.3, -0.25) is 4.79 Å². The highest BCUT2D eigenvalue weighted by Gasteiger charge is 2.17. The normalized spacial score (nSPS) is 12.2. The number of nitrogens with zero attached hydrogens (tertiary/aromatic N) is 3. The first-order valence-corrected chi connectivity index (χ1v) is 8.94. The highest BCUT2D eigenvalue weighted by molar-refractivity contribution is 5.88. The van der Waals surface area contributed by atoms with Gasteiger partial charge < -0.3 is 10.3 Å². The number of nitrogens with one attached hydrogen (secondary N) is 2. The quantitative estimate of drug-likeness (QED) is 0.573. The van der Waals surface area contributed by atoms with E-state index < -0.39 is 0 Å². The molecular formula is C21H21N5O. The highest BCUT2D eigenvalue weighted by Crippen LogP contribution is 2.21. The third-order valence-electron chi connectivity index (χ3n) is 4.78. The van der Waals surface area contributed by atoms with E-state index in [0.717, 1.165) is 33.5 Å². The smallest absolute Gasteiger partial charge is 0.224 e. The van der Waals surface area contributed by atoms with Crippen LogP contribution >= 0.6 is 0 Å². The van der Waals surface area contributed by atoms with Crippen LogP contribution in [0.1, 0.15) is 29.8 Å². The molecule has 27 heavy (non-hydrogen) atoms. The minimum atomic E-state index is -0.139. The van der Waals surface area contributed by atoms with Crippen LogP contribution in [0.25, 0.3) is 16.7 Å². The van der Waals surface area contributed by atoms with Gasteiger partial charge in [-0.1, -0.05) is 24.3 Å². The number of hydrogen-bond donors (Lipinski definition) is 2. The first-order valence-electron chi connectivity index (χ1n) is 8.94. The Labute approximate surface area is 157 Å². The number of fused-ring (bicyclic) bond motifs is 1. The summed E-state index contributed by atoms with van der Waals surface area (Å²) < 4.78 is 1.79. The Bertz CT molecular complexity index is 1080. The standard InChI is InChI=1S/C21H21N5O/c1-14(18-13-24-26(15(18)2)20-9-5-6-10-22-20)25-21(27)11-16-12-23-19-8-4-3-7-17(16)19/h3-10,12-14,23H,11H2,1-2H3,(H,25,27). The number of hydrogen-bond acceptors (Lipinski definition) is 3. The summed E-state index contributed by atoms with van der Waals surface area (Å²) in [6, 6.07) is 13.6. The summed E-state index contributed by atoms with van der Waals surface area (Å²) in [5.74, 6) is 0.746. The average molecular weight is 359 g/mol. The van der Waals surface area contributed by atoms with Gasteiger partial charge in [0, 0.05) is 34.6 Å². The summed E-state index contributed by atoms with van der Waals surface area (Å²) in [4.78, 5) is 20.1. The molecule has 3 heterocycles. The van der Waals surface area contributed by atoms with Crippen LogP contribution in [0.2, 0.25) is 0 Å². The van der Waals surface area contributed by atoms with Crippen molar-refractivity contribution in [1.82, 2.24) is 25.1 Å². The van der Waals surface area contributed by atoms with Gasteiger partial charge in [0.2, 0.25) is 5.91 Å².